The first-order valence-electron chi connectivity index (χ1n) is 6.81. The fourth-order valence-corrected chi connectivity index (χ4v) is 1.96. The highest BCUT2D eigenvalue weighted by atomic mass is 16.5. The Morgan fingerprint density at radius 2 is 1.80 bits per heavy atom. The molecule has 2 aromatic carbocycles. The Balaban J connectivity index is 1.68. The molecule has 2 rings (SSSR count). The highest BCUT2D eigenvalue weighted by molar-refractivity contribution is 5.28. The summed E-state index contributed by atoms with van der Waals surface area (Å²) in [4.78, 5) is 0. The van der Waals surface area contributed by atoms with E-state index in [0.29, 0.717) is 6.61 Å². The van der Waals surface area contributed by atoms with Crippen LogP contribution in [0.15, 0.2) is 48.5 Å². The monoisotopic (exact) mass is 271 g/mol. The van der Waals surface area contributed by atoms with Gasteiger partial charge in [0.15, 0.2) is 0 Å². The van der Waals surface area contributed by atoms with E-state index in [2.05, 4.69) is 24.4 Å². The third-order valence-corrected chi connectivity index (χ3v) is 3.00. The third-order valence-electron chi connectivity index (χ3n) is 3.00. The van der Waals surface area contributed by atoms with Crippen LogP contribution in [-0.2, 0) is 6.54 Å². The van der Waals surface area contributed by atoms with Crippen molar-refractivity contribution < 1.29 is 9.47 Å². The first-order chi connectivity index (χ1) is 9.78. The van der Waals surface area contributed by atoms with Crippen LogP contribution in [0.2, 0.25) is 0 Å². The van der Waals surface area contributed by atoms with Gasteiger partial charge in [0.05, 0.1) is 7.11 Å². The molecule has 0 unspecified atom stereocenters. The Labute approximate surface area is 120 Å². The van der Waals surface area contributed by atoms with E-state index in [-0.39, 0.29) is 0 Å². The molecule has 0 aromatic heterocycles. The number of rotatable bonds is 7. The molecule has 0 aliphatic carbocycles. The largest absolute Gasteiger partial charge is 0.497 e. The second kappa shape index (κ2) is 7.56. The predicted octanol–water partition coefficient (Wildman–Crippen LogP) is 3.17. The van der Waals surface area contributed by atoms with Crippen LogP contribution in [-0.4, -0.2) is 20.3 Å². The van der Waals surface area contributed by atoms with Crippen LogP contribution in [0.3, 0.4) is 0 Å². The Bertz CT molecular complexity index is 540. The molecule has 0 radical (unpaired) electrons. The van der Waals surface area contributed by atoms with E-state index in [1.54, 1.807) is 7.11 Å². The van der Waals surface area contributed by atoms with E-state index >= 15 is 0 Å². The Hall–Kier alpha value is -2.00. The number of hydrogen-bond donors (Lipinski definition) is 1. The zero-order valence-corrected chi connectivity index (χ0v) is 12.1. The number of nitrogens with one attached hydrogen (secondary N) is 1. The number of hydrogen-bond acceptors (Lipinski definition) is 3. The maximum Gasteiger partial charge on any atom is 0.119 e. The van der Waals surface area contributed by atoms with Crippen molar-refractivity contribution in [3.63, 3.8) is 0 Å². The highest BCUT2D eigenvalue weighted by Crippen LogP contribution is 2.13. The molecule has 0 aliphatic heterocycles. The summed E-state index contributed by atoms with van der Waals surface area (Å²) in [5.74, 6) is 1.81. The lowest BCUT2D eigenvalue weighted by molar-refractivity contribution is 0.313. The first-order valence-corrected chi connectivity index (χ1v) is 6.81. The second-order valence-electron chi connectivity index (χ2n) is 4.69. The molecule has 0 heterocycles. The summed E-state index contributed by atoms with van der Waals surface area (Å²) in [6, 6.07) is 16.2. The summed E-state index contributed by atoms with van der Waals surface area (Å²) in [7, 11) is 1.68. The van der Waals surface area contributed by atoms with E-state index in [1.807, 2.05) is 36.4 Å². The average Bonchev–Trinajstić information content (AvgIpc) is 2.47. The standard InChI is InChI=1S/C17H21NO2/c1-14-5-3-8-17(11-14)20-10-9-18-13-15-6-4-7-16(12-15)19-2/h3-8,11-12,18H,9-10,13H2,1-2H3. The fraction of sp³-hybridized carbons (Fsp3) is 0.294. The molecule has 0 bridgehead atoms. The number of ether oxygens (including phenoxy) is 2. The van der Waals surface area contributed by atoms with Gasteiger partial charge in [-0.3, -0.25) is 0 Å². The van der Waals surface area contributed by atoms with Gasteiger partial charge in [-0.05, 0) is 42.3 Å². The maximum absolute atomic E-state index is 5.68. The zero-order chi connectivity index (χ0) is 14.2. The van der Waals surface area contributed by atoms with Gasteiger partial charge in [0.1, 0.15) is 18.1 Å². The molecular weight excluding hydrogens is 250 g/mol. The van der Waals surface area contributed by atoms with Crippen molar-refractivity contribution in [2.24, 2.45) is 0 Å². The average molecular weight is 271 g/mol. The van der Waals surface area contributed by atoms with Gasteiger partial charge in [0.2, 0.25) is 0 Å². The van der Waals surface area contributed by atoms with Gasteiger partial charge >= 0.3 is 0 Å². The summed E-state index contributed by atoms with van der Waals surface area (Å²) < 4.78 is 10.9. The number of benzene rings is 2. The van der Waals surface area contributed by atoms with Crippen LogP contribution >= 0.6 is 0 Å². The van der Waals surface area contributed by atoms with Crippen molar-refractivity contribution >= 4 is 0 Å². The lowest BCUT2D eigenvalue weighted by Crippen LogP contribution is -2.20. The van der Waals surface area contributed by atoms with Crippen molar-refractivity contribution in [2.45, 2.75) is 13.5 Å². The first kappa shape index (κ1) is 14.4. The molecule has 0 spiro atoms. The van der Waals surface area contributed by atoms with Gasteiger partial charge in [0, 0.05) is 13.1 Å². The van der Waals surface area contributed by atoms with Crippen molar-refractivity contribution in [3.05, 3.63) is 59.7 Å². The molecular formula is C17H21NO2. The zero-order valence-electron chi connectivity index (χ0n) is 12.1. The van der Waals surface area contributed by atoms with E-state index in [1.165, 1.54) is 11.1 Å². The van der Waals surface area contributed by atoms with Crippen LogP contribution < -0.4 is 14.8 Å². The molecule has 0 fully saturated rings. The third kappa shape index (κ3) is 4.59. The molecule has 2 aromatic rings. The van der Waals surface area contributed by atoms with Gasteiger partial charge in [-0.15, -0.1) is 0 Å². The number of aryl methyl sites for hydroxylation is 1. The second-order valence-corrected chi connectivity index (χ2v) is 4.69. The fourth-order valence-electron chi connectivity index (χ4n) is 1.96. The topological polar surface area (TPSA) is 30.5 Å². The van der Waals surface area contributed by atoms with Crippen LogP contribution in [0.1, 0.15) is 11.1 Å². The summed E-state index contributed by atoms with van der Waals surface area (Å²) in [5.41, 5.74) is 2.42. The van der Waals surface area contributed by atoms with Crippen molar-refractivity contribution in [2.75, 3.05) is 20.3 Å². The lowest BCUT2D eigenvalue weighted by atomic mass is 10.2. The predicted molar refractivity (Wildman–Crippen MR) is 81.4 cm³/mol. The van der Waals surface area contributed by atoms with Crippen molar-refractivity contribution in [3.8, 4) is 11.5 Å². The molecule has 0 aliphatic rings. The smallest absolute Gasteiger partial charge is 0.119 e. The van der Waals surface area contributed by atoms with Crippen molar-refractivity contribution in [1.29, 1.82) is 0 Å². The number of methoxy groups -OCH3 is 1. The molecule has 3 heteroatoms. The molecule has 0 atom stereocenters. The Morgan fingerprint density at radius 3 is 2.60 bits per heavy atom. The SMILES string of the molecule is COc1cccc(CNCCOc2cccc(C)c2)c1. The maximum atomic E-state index is 5.68. The van der Waals surface area contributed by atoms with Gasteiger partial charge in [-0.25, -0.2) is 0 Å². The minimum absolute atomic E-state index is 0.660. The summed E-state index contributed by atoms with van der Waals surface area (Å²) in [5, 5.41) is 3.36. The molecule has 1 N–H and O–H groups in total. The van der Waals surface area contributed by atoms with Crippen LogP contribution in [0.5, 0.6) is 11.5 Å². The van der Waals surface area contributed by atoms with E-state index < -0.39 is 0 Å². The summed E-state index contributed by atoms with van der Waals surface area (Å²) in [6.45, 7) is 4.35. The Morgan fingerprint density at radius 1 is 1.00 bits per heavy atom. The van der Waals surface area contributed by atoms with Crippen LogP contribution in [0, 0.1) is 6.92 Å². The van der Waals surface area contributed by atoms with Gasteiger partial charge in [-0.2, -0.15) is 0 Å². The van der Waals surface area contributed by atoms with Gasteiger partial charge in [-0.1, -0.05) is 24.3 Å². The molecule has 0 amide bonds. The lowest BCUT2D eigenvalue weighted by Gasteiger charge is -2.09. The van der Waals surface area contributed by atoms with E-state index in [4.69, 9.17) is 9.47 Å². The van der Waals surface area contributed by atoms with Crippen LogP contribution in [0.4, 0.5) is 0 Å². The summed E-state index contributed by atoms with van der Waals surface area (Å²) >= 11 is 0. The molecule has 106 valence electrons. The molecule has 20 heavy (non-hydrogen) atoms. The molecule has 3 nitrogen and oxygen atoms in total. The van der Waals surface area contributed by atoms with Crippen LogP contribution in [0.25, 0.3) is 0 Å². The normalized spacial score (nSPS) is 10.3. The van der Waals surface area contributed by atoms with Gasteiger partial charge in [0.25, 0.3) is 0 Å². The minimum atomic E-state index is 0.660. The summed E-state index contributed by atoms with van der Waals surface area (Å²) in [6.07, 6.45) is 0. The minimum Gasteiger partial charge on any atom is -0.497 e. The van der Waals surface area contributed by atoms with E-state index in [0.717, 1.165) is 24.6 Å². The van der Waals surface area contributed by atoms with Gasteiger partial charge < -0.3 is 14.8 Å². The molecule has 0 saturated carbocycles. The molecule has 0 saturated heterocycles. The van der Waals surface area contributed by atoms with E-state index in [9.17, 15) is 0 Å². The highest BCUT2D eigenvalue weighted by Gasteiger charge is 1.96. The van der Waals surface area contributed by atoms with Crippen molar-refractivity contribution in [1.82, 2.24) is 5.32 Å². The Kier molecular flexibility index (Phi) is 5.44. The quantitative estimate of drug-likeness (QED) is 0.785.